The summed E-state index contributed by atoms with van der Waals surface area (Å²) in [5.41, 5.74) is 0. The Bertz CT molecular complexity index is 187. The SMILES string of the molecule is CCCCCOC1C=CC(=S)CC1. The van der Waals surface area contributed by atoms with Gasteiger partial charge in [0.1, 0.15) is 0 Å². The van der Waals surface area contributed by atoms with Crippen LogP contribution in [0.3, 0.4) is 0 Å². The third-order valence-electron chi connectivity index (χ3n) is 2.25. The van der Waals surface area contributed by atoms with Gasteiger partial charge in [0.05, 0.1) is 6.10 Å². The van der Waals surface area contributed by atoms with E-state index < -0.39 is 0 Å². The molecule has 0 saturated carbocycles. The molecule has 0 spiro atoms. The predicted molar refractivity (Wildman–Crippen MR) is 60.2 cm³/mol. The molecule has 74 valence electrons. The van der Waals surface area contributed by atoms with Crippen molar-refractivity contribution in [3.8, 4) is 0 Å². The lowest BCUT2D eigenvalue weighted by Gasteiger charge is -2.17. The molecule has 1 nitrogen and oxygen atoms in total. The van der Waals surface area contributed by atoms with E-state index in [0.29, 0.717) is 6.10 Å². The van der Waals surface area contributed by atoms with Gasteiger partial charge in [-0.2, -0.15) is 0 Å². The van der Waals surface area contributed by atoms with E-state index in [4.69, 9.17) is 17.0 Å². The average Bonchev–Trinajstić information content (AvgIpc) is 2.15. The highest BCUT2D eigenvalue weighted by Crippen LogP contribution is 2.12. The molecule has 0 aromatic rings. The van der Waals surface area contributed by atoms with Crippen molar-refractivity contribution >= 4 is 17.1 Å². The second-order valence-electron chi connectivity index (χ2n) is 3.48. The summed E-state index contributed by atoms with van der Waals surface area (Å²) < 4.78 is 5.69. The first-order chi connectivity index (χ1) is 6.33. The van der Waals surface area contributed by atoms with Crippen molar-refractivity contribution in [1.82, 2.24) is 0 Å². The van der Waals surface area contributed by atoms with E-state index in [1.54, 1.807) is 0 Å². The van der Waals surface area contributed by atoms with Crippen LogP contribution >= 0.6 is 12.2 Å². The summed E-state index contributed by atoms with van der Waals surface area (Å²) in [6.45, 7) is 3.11. The van der Waals surface area contributed by atoms with Crippen molar-refractivity contribution < 1.29 is 4.74 Å². The van der Waals surface area contributed by atoms with Gasteiger partial charge < -0.3 is 4.74 Å². The van der Waals surface area contributed by atoms with E-state index >= 15 is 0 Å². The van der Waals surface area contributed by atoms with E-state index in [0.717, 1.165) is 24.3 Å². The second-order valence-corrected chi connectivity index (χ2v) is 4.00. The van der Waals surface area contributed by atoms with Gasteiger partial charge in [-0.15, -0.1) is 0 Å². The molecular formula is C11H18OS. The van der Waals surface area contributed by atoms with Gasteiger partial charge in [0.2, 0.25) is 0 Å². The molecule has 2 heteroatoms. The highest BCUT2D eigenvalue weighted by molar-refractivity contribution is 7.80. The molecule has 0 aromatic carbocycles. The minimum Gasteiger partial charge on any atom is -0.374 e. The molecule has 1 atom stereocenters. The minimum absolute atomic E-state index is 0.323. The number of ether oxygens (including phenoxy) is 1. The summed E-state index contributed by atoms with van der Waals surface area (Å²) in [5.74, 6) is 0. The van der Waals surface area contributed by atoms with Crippen LogP contribution in [0.25, 0.3) is 0 Å². The lowest BCUT2D eigenvalue weighted by atomic mass is 10.1. The number of hydrogen-bond donors (Lipinski definition) is 0. The van der Waals surface area contributed by atoms with Crippen LogP contribution in [0, 0.1) is 0 Å². The Kier molecular flexibility index (Phi) is 5.25. The fraction of sp³-hybridized carbons (Fsp3) is 0.727. The maximum Gasteiger partial charge on any atom is 0.0762 e. The molecule has 0 radical (unpaired) electrons. The Morgan fingerprint density at radius 2 is 2.38 bits per heavy atom. The van der Waals surface area contributed by atoms with Crippen LogP contribution in [-0.4, -0.2) is 17.6 Å². The monoisotopic (exact) mass is 198 g/mol. The van der Waals surface area contributed by atoms with Gasteiger partial charge in [0.15, 0.2) is 0 Å². The fourth-order valence-corrected chi connectivity index (χ4v) is 1.60. The van der Waals surface area contributed by atoms with Gasteiger partial charge in [-0.25, -0.2) is 0 Å². The maximum atomic E-state index is 5.69. The van der Waals surface area contributed by atoms with E-state index in [-0.39, 0.29) is 0 Å². The van der Waals surface area contributed by atoms with Gasteiger partial charge in [-0.3, -0.25) is 0 Å². The van der Waals surface area contributed by atoms with E-state index in [2.05, 4.69) is 13.0 Å². The largest absolute Gasteiger partial charge is 0.374 e. The molecule has 0 fully saturated rings. The quantitative estimate of drug-likeness (QED) is 0.495. The molecule has 0 N–H and O–H groups in total. The number of thiocarbonyl (C=S) groups is 1. The van der Waals surface area contributed by atoms with Crippen molar-refractivity contribution in [2.75, 3.05) is 6.61 Å². The molecule has 0 amide bonds. The maximum absolute atomic E-state index is 5.69. The summed E-state index contributed by atoms with van der Waals surface area (Å²) in [5, 5.41) is 0. The molecule has 13 heavy (non-hydrogen) atoms. The molecule has 0 aromatic heterocycles. The smallest absolute Gasteiger partial charge is 0.0762 e. The van der Waals surface area contributed by atoms with Crippen LogP contribution in [0.2, 0.25) is 0 Å². The van der Waals surface area contributed by atoms with Gasteiger partial charge in [-0.1, -0.05) is 38.1 Å². The van der Waals surface area contributed by atoms with Crippen molar-refractivity contribution in [1.29, 1.82) is 0 Å². The van der Waals surface area contributed by atoms with E-state index in [9.17, 15) is 0 Å². The molecule has 0 saturated heterocycles. The zero-order valence-electron chi connectivity index (χ0n) is 8.29. The molecule has 0 bridgehead atoms. The third kappa shape index (κ3) is 4.53. The molecule has 1 aliphatic carbocycles. The Hall–Kier alpha value is -0.210. The van der Waals surface area contributed by atoms with Crippen LogP contribution < -0.4 is 0 Å². The highest BCUT2D eigenvalue weighted by Gasteiger charge is 2.10. The van der Waals surface area contributed by atoms with Gasteiger partial charge in [0.25, 0.3) is 0 Å². The molecule has 0 heterocycles. The van der Waals surface area contributed by atoms with E-state index in [1.807, 2.05) is 6.08 Å². The standard InChI is InChI=1S/C11H18OS/c1-2-3-4-9-12-10-5-7-11(13)8-6-10/h5,7,10H,2-4,6,8-9H2,1H3. The van der Waals surface area contributed by atoms with Crippen LogP contribution in [0.15, 0.2) is 12.2 Å². The predicted octanol–water partition coefficient (Wildman–Crippen LogP) is 3.28. The summed E-state index contributed by atoms with van der Waals surface area (Å²) in [4.78, 5) is 1.06. The zero-order valence-corrected chi connectivity index (χ0v) is 9.11. The first-order valence-electron chi connectivity index (χ1n) is 5.15. The summed E-state index contributed by atoms with van der Waals surface area (Å²) in [7, 11) is 0. The number of rotatable bonds is 5. The number of hydrogen-bond acceptors (Lipinski definition) is 2. The van der Waals surface area contributed by atoms with E-state index in [1.165, 1.54) is 19.3 Å². The first kappa shape index (κ1) is 10.9. The van der Waals surface area contributed by atoms with Crippen LogP contribution in [0.4, 0.5) is 0 Å². The fourth-order valence-electron chi connectivity index (χ4n) is 1.40. The lowest BCUT2D eigenvalue weighted by molar-refractivity contribution is 0.0770. The highest BCUT2D eigenvalue weighted by atomic mass is 32.1. The number of allylic oxidation sites excluding steroid dienone is 1. The summed E-state index contributed by atoms with van der Waals surface area (Å²) >= 11 is 5.07. The van der Waals surface area contributed by atoms with Crippen molar-refractivity contribution in [3.05, 3.63) is 12.2 Å². The van der Waals surface area contributed by atoms with Crippen LogP contribution in [0.1, 0.15) is 39.0 Å². The molecular weight excluding hydrogens is 180 g/mol. The Morgan fingerprint density at radius 3 is 3.00 bits per heavy atom. The normalized spacial score (nSPS) is 22.2. The Labute approximate surface area is 86.2 Å². The summed E-state index contributed by atoms with van der Waals surface area (Å²) in [6.07, 6.45) is 10.2. The van der Waals surface area contributed by atoms with Gasteiger partial charge in [0, 0.05) is 11.5 Å². The van der Waals surface area contributed by atoms with Crippen molar-refractivity contribution in [3.63, 3.8) is 0 Å². The number of unbranched alkanes of at least 4 members (excludes halogenated alkanes) is 2. The lowest BCUT2D eigenvalue weighted by Crippen LogP contribution is -2.16. The molecule has 1 unspecified atom stereocenters. The molecule has 1 rings (SSSR count). The zero-order chi connectivity index (χ0) is 9.52. The first-order valence-corrected chi connectivity index (χ1v) is 5.56. The minimum atomic E-state index is 0.323. The van der Waals surface area contributed by atoms with Gasteiger partial charge >= 0.3 is 0 Å². The van der Waals surface area contributed by atoms with Crippen molar-refractivity contribution in [2.45, 2.75) is 45.1 Å². The van der Waals surface area contributed by atoms with Gasteiger partial charge in [-0.05, 0) is 25.3 Å². The Morgan fingerprint density at radius 1 is 1.54 bits per heavy atom. The van der Waals surface area contributed by atoms with Crippen LogP contribution in [-0.2, 0) is 4.74 Å². The molecule has 0 aliphatic heterocycles. The van der Waals surface area contributed by atoms with Crippen molar-refractivity contribution in [2.24, 2.45) is 0 Å². The average molecular weight is 198 g/mol. The summed E-state index contributed by atoms with van der Waals surface area (Å²) in [6, 6.07) is 0. The molecule has 1 aliphatic rings. The Balaban J connectivity index is 2.09. The third-order valence-corrected chi connectivity index (χ3v) is 2.59. The topological polar surface area (TPSA) is 9.23 Å². The van der Waals surface area contributed by atoms with Crippen LogP contribution in [0.5, 0.6) is 0 Å². The second kappa shape index (κ2) is 6.28.